The lowest BCUT2D eigenvalue weighted by Gasteiger charge is -2.52. The minimum Gasteiger partial charge on any atom is -0.507 e. The first kappa shape index (κ1) is 33.3. The molecule has 14 heteroatoms. The van der Waals surface area contributed by atoms with Crippen LogP contribution in [-0.2, 0) is 23.4 Å². The SMILES string of the molecule is O=C1c2cc(CO)cc(O)c2C(=O)c2c1ccc([C@]1([C@H]3O[C@@H](CO)[C@H](O)[C@@H](O)[C@@H]3O)c3cccc(O)c3C(=O)c3c(O)cc(CO)cc31)c2O. The third kappa shape index (κ3) is 4.31. The highest BCUT2D eigenvalue weighted by atomic mass is 16.5. The van der Waals surface area contributed by atoms with Crippen LogP contribution in [0.2, 0.25) is 0 Å². The molecule has 50 heavy (non-hydrogen) atoms. The van der Waals surface area contributed by atoms with Gasteiger partial charge in [0.25, 0.3) is 0 Å². The molecule has 0 saturated carbocycles. The lowest BCUT2D eigenvalue weighted by Crippen LogP contribution is -2.65. The first-order valence-corrected chi connectivity index (χ1v) is 15.4. The molecule has 1 saturated heterocycles. The topological polar surface area (TPSA) is 263 Å². The van der Waals surface area contributed by atoms with Crippen molar-refractivity contribution in [2.24, 2.45) is 0 Å². The van der Waals surface area contributed by atoms with E-state index in [1.54, 1.807) is 0 Å². The number of ether oxygens (including phenoxy) is 1. The van der Waals surface area contributed by atoms with Crippen LogP contribution in [-0.4, -0.2) is 106 Å². The quantitative estimate of drug-likeness (QED) is 0.117. The van der Waals surface area contributed by atoms with Gasteiger partial charge in [-0.25, -0.2) is 0 Å². The maximum Gasteiger partial charge on any atom is 0.201 e. The van der Waals surface area contributed by atoms with Crippen molar-refractivity contribution in [2.75, 3.05) is 6.61 Å². The number of rotatable bonds is 5. The molecule has 10 N–H and O–H groups in total. The van der Waals surface area contributed by atoms with Crippen molar-refractivity contribution in [3.8, 4) is 23.0 Å². The van der Waals surface area contributed by atoms with Gasteiger partial charge in [-0.05, 0) is 52.6 Å². The zero-order valence-electron chi connectivity index (χ0n) is 25.8. The van der Waals surface area contributed by atoms with Crippen LogP contribution < -0.4 is 0 Å². The average molecular weight is 687 g/mol. The number of benzene rings is 4. The van der Waals surface area contributed by atoms with Gasteiger partial charge in [0, 0.05) is 16.7 Å². The van der Waals surface area contributed by atoms with Gasteiger partial charge in [-0.2, -0.15) is 0 Å². The molecule has 1 heterocycles. The summed E-state index contributed by atoms with van der Waals surface area (Å²) in [4.78, 5) is 42.0. The number of carbonyl (C=O) groups is 3. The fourth-order valence-electron chi connectivity index (χ4n) is 7.71. The van der Waals surface area contributed by atoms with Gasteiger partial charge in [0.2, 0.25) is 11.6 Å². The van der Waals surface area contributed by atoms with E-state index < -0.39 is 118 Å². The van der Waals surface area contributed by atoms with Crippen LogP contribution in [0.15, 0.2) is 54.6 Å². The zero-order valence-corrected chi connectivity index (χ0v) is 25.8. The highest BCUT2D eigenvalue weighted by molar-refractivity contribution is 6.30. The second-order valence-electron chi connectivity index (χ2n) is 12.5. The predicted molar refractivity (Wildman–Crippen MR) is 168 cm³/mol. The van der Waals surface area contributed by atoms with Crippen LogP contribution in [0.5, 0.6) is 23.0 Å². The first-order valence-electron chi connectivity index (χ1n) is 15.4. The number of ketones is 3. The largest absolute Gasteiger partial charge is 0.507 e. The number of aliphatic hydroxyl groups is 6. The van der Waals surface area contributed by atoms with E-state index in [9.17, 15) is 65.4 Å². The van der Waals surface area contributed by atoms with Crippen LogP contribution >= 0.6 is 0 Å². The van der Waals surface area contributed by atoms with Crippen LogP contribution in [0, 0.1) is 0 Å². The van der Waals surface area contributed by atoms with Gasteiger partial charge in [-0.1, -0.05) is 24.3 Å². The molecular weight excluding hydrogens is 656 g/mol. The molecule has 4 aromatic carbocycles. The molecule has 0 bridgehead atoms. The van der Waals surface area contributed by atoms with Gasteiger partial charge in [0.1, 0.15) is 53.5 Å². The summed E-state index contributed by atoms with van der Waals surface area (Å²) in [6.07, 6.45) is -9.44. The smallest absolute Gasteiger partial charge is 0.201 e. The van der Waals surface area contributed by atoms with Gasteiger partial charge in [-0.3, -0.25) is 14.4 Å². The maximum absolute atomic E-state index is 14.1. The van der Waals surface area contributed by atoms with Gasteiger partial charge in [-0.15, -0.1) is 0 Å². The molecule has 2 aliphatic carbocycles. The number of hydrogen-bond acceptors (Lipinski definition) is 14. The minimum atomic E-state index is -2.33. The Morgan fingerprint density at radius 3 is 1.86 bits per heavy atom. The van der Waals surface area contributed by atoms with Crippen molar-refractivity contribution in [1.82, 2.24) is 0 Å². The summed E-state index contributed by atoms with van der Waals surface area (Å²) in [7, 11) is 0. The predicted octanol–water partition coefficient (Wildman–Crippen LogP) is -0.00980. The lowest BCUT2D eigenvalue weighted by molar-refractivity contribution is -0.239. The molecule has 0 spiro atoms. The molecule has 1 fully saturated rings. The van der Waals surface area contributed by atoms with Crippen molar-refractivity contribution >= 4 is 17.3 Å². The number of fused-ring (bicyclic) bond motifs is 4. The molecule has 0 radical (unpaired) electrons. The number of phenolic OH excluding ortho intramolecular Hbond substituents is 4. The Morgan fingerprint density at radius 1 is 0.580 bits per heavy atom. The molecule has 1 aliphatic heterocycles. The lowest BCUT2D eigenvalue weighted by atomic mass is 9.57. The Bertz CT molecular complexity index is 2140. The van der Waals surface area contributed by atoms with Crippen molar-refractivity contribution in [3.05, 3.63) is 116 Å². The molecule has 14 nitrogen and oxygen atoms in total. The van der Waals surface area contributed by atoms with Gasteiger partial charge >= 0.3 is 0 Å². The second kappa shape index (κ2) is 11.7. The fourth-order valence-corrected chi connectivity index (χ4v) is 7.71. The van der Waals surface area contributed by atoms with Crippen LogP contribution in [0.3, 0.4) is 0 Å². The number of aromatic hydroxyl groups is 4. The monoisotopic (exact) mass is 686 g/mol. The van der Waals surface area contributed by atoms with Crippen LogP contribution in [0.1, 0.15) is 75.6 Å². The summed E-state index contributed by atoms with van der Waals surface area (Å²) in [6.45, 7) is -2.15. The average Bonchev–Trinajstić information content (AvgIpc) is 3.10. The molecule has 6 atom stereocenters. The highest BCUT2D eigenvalue weighted by Crippen LogP contribution is 2.57. The molecule has 4 aromatic rings. The van der Waals surface area contributed by atoms with Crippen molar-refractivity contribution in [2.45, 2.75) is 49.1 Å². The zero-order chi connectivity index (χ0) is 36.0. The molecule has 258 valence electrons. The third-order valence-electron chi connectivity index (χ3n) is 9.93. The number of carbonyl (C=O) groups excluding carboxylic acids is 3. The third-order valence-corrected chi connectivity index (χ3v) is 9.93. The minimum absolute atomic E-state index is 0.0221. The Labute approximate surface area is 282 Å². The van der Waals surface area contributed by atoms with Crippen molar-refractivity contribution in [1.29, 1.82) is 0 Å². The Balaban J connectivity index is 1.64. The summed E-state index contributed by atoms with van der Waals surface area (Å²) in [5, 5.41) is 109. The summed E-state index contributed by atoms with van der Waals surface area (Å²) in [6, 6.07) is 10.8. The first-order chi connectivity index (χ1) is 23.8. The van der Waals surface area contributed by atoms with E-state index >= 15 is 0 Å². The van der Waals surface area contributed by atoms with Crippen LogP contribution in [0.4, 0.5) is 0 Å². The molecular formula is C36H30O14. The molecule has 0 unspecified atom stereocenters. The standard InChI is InChI=1S/C36H30O14/c37-10-13-6-16-24(21(41)8-13)31(46)25-15(28(16)43)4-5-18(29(25)44)36(35-34(49)33(48)30(45)23(12-39)50-35)17-2-1-3-20(40)26(17)32(47)27-19(36)7-14(11-38)9-22(27)42/h1-9,23,30,33-35,37-42,44-45,48-49H,10-12H2/t23-,30-,33+,34-,35-,36+/m0/s1. The van der Waals surface area contributed by atoms with E-state index in [4.69, 9.17) is 4.74 Å². The van der Waals surface area contributed by atoms with E-state index in [0.29, 0.717) is 0 Å². The summed E-state index contributed by atoms with van der Waals surface area (Å²) in [5.74, 6) is -5.63. The summed E-state index contributed by atoms with van der Waals surface area (Å²) in [5.41, 5.74) is -5.56. The number of aliphatic hydroxyl groups excluding tert-OH is 6. The molecule has 7 rings (SSSR count). The Kier molecular flexibility index (Phi) is 7.80. The van der Waals surface area contributed by atoms with Gasteiger partial charge in [0.05, 0.1) is 47.5 Å². The van der Waals surface area contributed by atoms with E-state index in [2.05, 4.69) is 0 Å². The number of hydrogen-bond donors (Lipinski definition) is 10. The van der Waals surface area contributed by atoms with E-state index in [0.717, 1.165) is 24.3 Å². The normalized spacial score (nSPS) is 25.5. The fraction of sp³-hybridized carbons (Fsp3) is 0.250. The molecule has 0 aromatic heterocycles. The molecule has 3 aliphatic rings. The highest BCUT2D eigenvalue weighted by Gasteiger charge is 2.60. The van der Waals surface area contributed by atoms with E-state index in [1.165, 1.54) is 30.3 Å². The second-order valence-corrected chi connectivity index (χ2v) is 12.5. The Morgan fingerprint density at radius 2 is 1.20 bits per heavy atom. The summed E-state index contributed by atoms with van der Waals surface area (Å²) >= 11 is 0. The Hall–Kier alpha value is -5.19. The van der Waals surface area contributed by atoms with Crippen molar-refractivity contribution < 1.29 is 70.2 Å². The molecule has 0 amide bonds. The van der Waals surface area contributed by atoms with Gasteiger partial charge in [0.15, 0.2) is 5.78 Å². The summed E-state index contributed by atoms with van der Waals surface area (Å²) < 4.78 is 6.10. The maximum atomic E-state index is 14.1. The van der Waals surface area contributed by atoms with Crippen LogP contribution in [0.25, 0.3) is 0 Å². The van der Waals surface area contributed by atoms with E-state index in [1.807, 2.05) is 0 Å². The van der Waals surface area contributed by atoms with Gasteiger partial charge < -0.3 is 55.8 Å². The van der Waals surface area contributed by atoms with E-state index in [-0.39, 0.29) is 38.9 Å². The van der Waals surface area contributed by atoms with Crippen molar-refractivity contribution in [3.63, 3.8) is 0 Å². The number of phenols is 4.